The van der Waals surface area contributed by atoms with E-state index < -0.39 is 0 Å². The molecule has 1 aliphatic heterocycles. The lowest BCUT2D eigenvalue weighted by Crippen LogP contribution is -2.50. The normalized spacial score (nSPS) is 18.1. The van der Waals surface area contributed by atoms with Crippen LogP contribution in [0.1, 0.15) is 23.7 Å². The molecule has 1 atom stereocenters. The fraction of sp³-hybridized carbons (Fsp3) is 0.533. The summed E-state index contributed by atoms with van der Waals surface area (Å²) in [5, 5.41) is 9.67. The first-order valence-electron chi connectivity index (χ1n) is 7.05. The minimum absolute atomic E-state index is 0.0852. The Labute approximate surface area is 128 Å². The average Bonchev–Trinajstić information content (AvgIpc) is 2.47. The van der Waals surface area contributed by atoms with Crippen molar-refractivity contribution in [3.05, 3.63) is 34.3 Å². The number of β-amino-alcohol motifs (C(OH)–C–C–N with tert-alkyl or cyclic N) is 1. The topological polar surface area (TPSA) is 43.8 Å². The van der Waals surface area contributed by atoms with E-state index in [0.717, 1.165) is 42.6 Å². The van der Waals surface area contributed by atoms with Gasteiger partial charge < -0.3 is 10.0 Å². The molecule has 1 unspecified atom stereocenters. The third-order valence-corrected chi connectivity index (χ3v) is 4.16. The van der Waals surface area contributed by atoms with Crippen LogP contribution in [0.5, 0.6) is 0 Å². The van der Waals surface area contributed by atoms with Crippen LogP contribution in [0.3, 0.4) is 0 Å². The lowest BCUT2D eigenvalue weighted by Gasteiger charge is -2.35. The van der Waals surface area contributed by atoms with Crippen molar-refractivity contribution < 1.29 is 9.90 Å². The number of amides is 1. The number of halogens is 1. The van der Waals surface area contributed by atoms with Crippen LogP contribution >= 0.6 is 15.9 Å². The molecule has 4 nitrogen and oxygen atoms in total. The molecule has 1 fully saturated rings. The standard InChI is InChI=1S/C15H21BrN2O2/c1-2-14(19)11-17-6-8-18(9-7-17)15(20)12-4-3-5-13(16)10-12/h3-5,10,14,19H,2,6-9,11H2,1H3. The Morgan fingerprint density at radius 1 is 1.35 bits per heavy atom. The van der Waals surface area contributed by atoms with E-state index in [1.807, 2.05) is 36.1 Å². The Morgan fingerprint density at radius 3 is 2.65 bits per heavy atom. The molecule has 1 aliphatic rings. The van der Waals surface area contributed by atoms with Gasteiger partial charge in [0, 0.05) is 42.8 Å². The Hall–Kier alpha value is -0.910. The van der Waals surface area contributed by atoms with Gasteiger partial charge in [-0.05, 0) is 24.6 Å². The second kappa shape index (κ2) is 7.20. The highest BCUT2D eigenvalue weighted by molar-refractivity contribution is 9.10. The van der Waals surface area contributed by atoms with Gasteiger partial charge >= 0.3 is 0 Å². The van der Waals surface area contributed by atoms with Crippen molar-refractivity contribution in [1.82, 2.24) is 9.80 Å². The van der Waals surface area contributed by atoms with E-state index in [0.29, 0.717) is 6.54 Å². The van der Waals surface area contributed by atoms with E-state index in [-0.39, 0.29) is 12.0 Å². The maximum absolute atomic E-state index is 12.4. The van der Waals surface area contributed by atoms with Crippen LogP contribution in [0.25, 0.3) is 0 Å². The van der Waals surface area contributed by atoms with Crippen molar-refractivity contribution in [2.75, 3.05) is 32.7 Å². The van der Waals surface area contributed by atoms with E-state index in [1.54, 1.807) is 0 Å². The van der Waals surface area contributed by atoms with Crippen LogP contribution in [-0.2, 0) is 0 Å². The van der Waals surface area contributed by atoms with Gasteiger partial charge in [0.1, 0.15) is 0 Å². The molecule has 0 saturated carbocycles. The van der Waals surface area contributed by atoms with E-state index in [4.69, 9.17) is 0 Å². The molecule has 0 radical (unpaired) electrons. The molecule has 0 spiro atoms. The van der Waals surface area contributed by atoms with Gasteiger partial charge in [0.05, 0.1) is 6.10 Å². The number of aliphatic hydroxyl groups excluding tert-OH is 1. The van der Waals surface area contributed by atoms with Crippen molar-refractivity contribution in [2.24, 2.45) is 0 Å². The second-order valence-corrected chi connectivity index (χ2v) is 6.08. The first-order valence-corrected chi connectivity index (χ1v) is 7.84. The Bertz CT molecular complexity index is 459. The molecule has 1 aromatic rings. The van der Waals surface area contributed by atoms with Gasteiger partial charge in [0.2, 0.25) is 0 Å². The zero-order chi connectivity index (χ0) is 14.5. The van der Waals surface area contributed by atoms with Crippen LogP contribution in [0, 0.1) is 0 Å². The number of hydrogen-bond donors (Lipinski definition) is 1. The molecule has 1 saturated heterocycles. The number of nitrogens with zero attached hydrogens (tertiary/aromatic N) is 2. The van der Waals surface area contributed by atoms with Crippen molar-refractivity contribution in [3.63, 3.8) is 0 Å². The van der Waals surface area contributed by atoms with Gasteiger partial charge in [-0.15, -0.1) is 0 Å². The summed E-state index contributed by atoms with van der Waals surface area (Å²) >= 11 is 3.39. The monoisotopic (exact) mass is 340 g/mol. The number of hydrogen-bond acceptors (Lipinski definition) is 3. The second-order valence-electron chi connectivity index (χ2n) is 5.17. The third kappa shape index (κ3) is 4.04. The highest BCUT2D eigenvalue weighted by Crippen LogP contribution is 2.15. The molecule has 5 heteroatoms. The first-order chi connectivity index (χ1) is 9.60. The van der Waals surface area contributed by atoms with Crippen molar-refractivity contribution in [2.45, 2.75) is 19.4 Å². The fourth-order valence-electron chi connectivity index (χ4n) is 2.36. The summed E-state index contributed by atoms with van der Waals surface area (Å²) in [5.41, 5.74) is 0.724. The number of rotatable bonds is 4. The van der Waals surface area contributed by atoms with E-state index in [1.165, 1.54) is 0 Å². The number of piperazine rings is 1. The molecule has 0 aromatic heterocycles. The molecule has 110 valence electrons. The van der Waals surface area contributed by atoms with Crippen LogP contribution in [-0.4, -0.2) is 59.6 Å². The van der Waals surface area contributed by atoms with Gasteiger partial charge in [-0.1, -0.05) is 28.9 Å². The summed E-state index contributed by atoms with van der Waals surface area (Å²) in [6.07, 6.45) is 0.513. The Morgan fingerprint density at radius 2 is 2.05 bits per heavy atom. The maximum Gasteiger partial charge on any atom is 0.253 e. The lowest BCUT2D eigenvalue weighted by atomic mass is 10.1. The number of carbonyl (C=O) groups is 1. The van der Waals surface area contributed by atoms with Crippen molar-refractivity contribution >= 4 is 21.8 Å². The molecule has 2 rings (SSSR count). The lowest BCUT2D eigenvalue weighted by molar-refractivity contribution is 0.0523. The number of benzene rings is 1. The van der Waals surface area contributed by atoms with Gasteiger partial charge in [-0.3, -0.25) is 9.69 Å². The summed E-state index contributed by atoms with van der Waals surface area (Å²) in [6.45, 7) is 5.80. The van der Waals surface area contributed by atoms with Crippen LogP contribution in [0.2, 0.25) is 0 Å². The number of aliphatic hydroxyl groups is 1. The summed E-state index contributed by atoms with van der Waals surface area (Å²) in [7, 11) is 0. The molecule has 1 amide bonds. The largest absolute Gasteiger partial charge is 0.392 e. The van der Waals surface area contributed by atoms with Gasteiger partial charge in [-0.2, -0.15) is 0 Å². The van der Waals surface area contributed by atoms with E-state index in [2.05, 4.69) is 20.8 Å². The molecular weight excluding hydrogens is 320 g/mol. The third-order valence-electron chi connectivity index (χ3n) is 3.67. The first kappa shape index (κ1) is 15.5. The zero-order valence-electron chi connectivity index (χ0n) is 11.8. The molecule has 0 aliphatic carbocycles. The van der Waals surface area contributed by atoms with Crippen molar-refractivity contribution in [1.29, 1.82) is 0 Å². The van der Waals surface area contributed by atoms with Gasteiger partial charge in [0.25, 0.3) is 5.91 Å². The summed E-state index contributed by atoms with van der Waals surface area (Å²) in [4.78, 5) is 16.5. The zero-order valence-corrected chi connectivity index (χ0v) is 13.3. The summed E-state index contributed by atoms with van der Waals surface area (Å²) in [5.74, 6) is 0.0852. The molecular formula is C15H21BrN2O2. The maximum atomic E-state index is 12.4. The summed E-state index contributed by atoms with van der Waals surface area (Å²) in [6, 6.07) is 7.50. The Balaban J connectivity index is 1.89. The van der Waals surface area contributed by atoms with Crippen LogP contribution in [0.15, 0.2) is 28.7 Å². The number of carbonyl (C=O) groups excluding carboxylic acids is 1. The molecule has 1 N–H and O–H groups in total. The van der Waals surface area contributed by atoms with Crippen molar-refractivity contribution in [3.8, 4) is 0 Å². The average molecular weight is 341 g/mol. The predicted molar refractivity (Wildman–Crippen MR) is 82.8 cm³/mol. The van der Waals surface area contributed by atoms with Crippen LogP contribution in [0.4, 0.5) is 0 Å². The van der Waals surface area contributed by atoms with Crippen LogP contribution < -0.4 is 0 Å². The SMILES string of the molecule is CCC(O)CN1CCN(C(=O)c2cccc(Br)c2)CC1. The smallest absolute Gasteiger partial charge is 0.253 e. The quantitative estimate of drug-likeness (QED) is 0.911. The molecule has 0 bridgehead atoms. The van der Waals surface area contributed by atoms with Gasteiger partial charge in [0.15, 0.2) is 0 Å². The predicted octanol–water partition coefficient (Wildman–Crippen LogP) is 1.98. The van der Waals surface area contributed by atoms with E-state index >= 15 is 0 Å². The minimum atomic E-state index is -0.262. The highest BCUT2D eigenvalue weighted by atomic mass is 79.9. The molecule has 20 heavy (non-hydrogen) atoms. The van der Waals surface area contributed by atoms with Gasteiger partial charge in [-0.25, -0.2) is 0 Å². The molecule has 1 aromatic carbocycles. The fourth-order valence-corrected chi connectivity index (χ4v) is 2.76. The summed E-state index contributed by atoms with van der Waals surface area (Å²) < 4.78 is 0.924. The minimum Gasteiger partial charge on any atom is -0.392 e. The molecule has 1 heterocycles. The highest BCUT2D eigenvalue weighted by Gasteiger charge is 2.23. The van der Waals surface area contributed by atoms with E-state index in [9.17, 15) is 9.90 Å². The Kier molecular flexibility index (Phi) is 5.57.